The molecule has 14 heavy (non-hydrogen) atoms. The second-order valence-corrected chi connectivity index (χ2v) is 3.45. The van der Waals surface area contributed by atoms with Gasteiger partial charge in [-0.25, -0.2) is 0 Å². The van der Waals surface area contributed by atoms with E-state index in [4.69, 9.17) is 0 Å². The fourth-order valence-corrected chi connectivity index (χ4v) is 1.75. The van der Waals surface area contributed by atoms with E-state index in [1.165, 1.54) is 5.56 Å². The minimum atomic E-state index is -0.0904. The Bertz CT molecular complexity index is 324. The van der Waals surface area contributed by atoms with Crippen LogP contribution in [0.15, 0.2) is 24.3 Å². The number of benzene rings is 1. The summed E-state index contributed by atoms with van der Waals surface area (Å²) < 4.78 is 0. The SMILES string of the molecule is CCNC(=O)C1Cc2ccccc2N1. The maximum absolute atomic E-state index is 11.5. The topological polar surface area (TPSA) is 41.1 Å². The third kappa shape index (κ3) is 1.58. The van der Waals surface area contributed by atoms with Gasteiger partial charge in [-0.1, -0.05) is 18.2 Å². The second-order valence-electron chi connectivity index (χ2n) is 3.45. The van der Waals surface area contributed by atoms with Gasteiger partial charge in [-0.3, -0.25) is 4.79 Å². The zero-order chi connectivity index (χ0) is 9.97. The number of hydrogen-bond acceptors (Lipinski definition) is 2. The van der Waals surface area contributed by atoms with Gasteiger partial charge in [0.15, 0.2) is 0 Å². The molecule has 0 spiro atoms. The number of carbonyl (C=O) groups excluding carboxylic acids is 1. The maximum Gasteiger partial charge on any atom is 0.242 e. The Morgan fingerprint density at radius 2 is 2.36 bits per heavy atom. The number of nitrogens with one attached hydrogen (secondary N) is 2. The van der Waals surface area contributed by atoms with Crippen LogP contribution in [-0.4, -0.2) is 18.5 Å². The van der Waals surface area contributed by atoms with E-state index >= 15 is 0 Å². The van der Waals surface area contributed by atoms with Crippen LogP contribution in [0, 0.1) is 0 Å². The predicted molar refractivity (Wildman–Crippen MR) is 56.2 cm³/mol. The van der Waals surface area contributed by atoms with Crippen LogP contribution in [-0.2, 0) is 11.2 Å². The molecule has 0 saturated carbocycles. The maximum atomic E-state index is 11.5. The van der Waals surface area contributed by atoms with E-state index in [1.807, 2.05) is 25.1 Å². The summed E-state index contributed by atoms with van der Waals surface area (Å²) in [5, 5.41) is 6.03. The molecule has 2 N–H and O–H groups in total. The number of para-hydroxylation sites is 1. The fourth-order valence-electron chi connectivity index (χ4n) is 1.75. The molecular weight excluding hydrogens is 176 g/mol. The summed E-state index contributed by atoms with van der Waals surface area (Å²) >= 11 is 0. The number of fused-ring (bicyclic) bond motifs is 1. The molecule has 0 fully saturated rings. The van der Waals surface area contributed by atoms with Gasteiger partial charge in [-0.15, -0.1) is 0 Å². The Labute approximate surface area is 83.5 Å². The fraction of sp³-hybridized carbons (Fsp3) is 0.364. The number of likely N-dealkylation sites (N-methyl/N-ethyl adjacent to an activating group) is 1. The highest BCUT2D eigenvalue weighted by atomic mass is 16.2. The molecule has 0 radical (unpaired) electrons. The first-order valence-electron chi connectivity index (χ1n) is 4.93. The van der Waals surface area contributed by atoms with Crippen LogP contribution in [0.2, 0.25) is 0 Å². The van der Waals surface area contributed by atoms with Gasteiger partial charge in [-0.05, 0) is 18.6 Å². The lowest BCUT2D eigenvalue weighted by Crippen LogP contribution is -2.38. The second kappa shape index (κ2) is 3.70. The molecule has 1 aromatic carbocycles. The third-order valence-corrected chi connectivity index (χ3v) is 2.44. The first-order valence-corrected chi connectivity index (χ1v) is 4.93. The number of rotatable bonds is 2. The summed E-state index contributed by atoms with van der Waals surface area (Å²) in [6.07, 6.45) is 0.794. The van der Waals surface area contributed by atoms with Gasteiger partial charge in [0, 0.05) is 18.7 Å². The quantitative estimate of drug-likeness (QED) is 0.734. The molecule has 1 amide bonds. The number of anilines is 1. The molecule has 3 nitrogen and oxygen atoms in total. The van der Waals surface area contributed by atoms with E-state index in [0.29, 0.717) is 6.54 Å². The minimum Gasteiger partial charge on any atom is -0.373 e. The average molecular weight is 190 g/mol. The summed E-state index contributed by atoms with van der Waals surface area (Å²) in [7, 11) is 0. The highest BCUT2D eigenvalue weighted by Crippen LogP contribution is 2.24. The lowest BCUT2D eigenvalue weighted by molar-refractivity contribution is -0.121. The largest absolute Gasteiger partial charge is 0.373 e. The summed E-state index contributed by atoms with van der Waals surface area (Å²) in [6.45, 7) is 2.62. The Morgan fingerprint density at radius 3 is 3.07 bits per heavy atom. The Hall–Kier alpha value is -1.51. The molecule has 1 aromatic rings. The van der Waals surface area contributed by atoms with Gasteiger partial charge in [0.1, 0.15) is 6.04 Å². The molecule has 1 heterocycles. The smallest absolute Gasteiger partial charge is 0.242 e. The highest BCUT2D eigenvalue weighted by Gasteiger charge is 2.25. The normalized spacial score (nSPS) is 18.5. The molecular formula is C11H14N2O. The Balaban J connectivity index is 2.08. The standard InChI is InChI=1S/C11H14N2O/c1-2-12-11(14)10-7-8-5-3-4-6-9(8)13-10/h3-6,10,13H,2,7H2,1H3,(H,12,14). The van der Waals surface area contributed by atoms with E-state index in [2.05, 4.69) is 16.7 Å². The van der Waals surface area contributed by atoms with Crippen LogP contribution in [0.4, 0.5) is 5.69 Å². The molecule has 0 saturated heterocycles. The van der Waals surface area contributed by atoms with Crippen LogP contribution in [0.3, 0.4) is 0 Å². The van der Waals surface area contributed by atoms with Gasteiger partial charge in [0.25, 0.3) is 0 Å². The van der Waals surface area contributed by atoms with E-state index in [0.717, 1.165) is 12.1 Å². The summed E-state index contributed by atoms with van der Waals surface area (Å²) in [5.41, 5.74) is 2.31. The Morgan fingerprint density at radius 1 is 1.57 bits per heavy atom. The van der Waals surface area contributed by atoms with Crippen molar-refractivity contribution in [3.63, 3.8) is 0 Å². The van der Waals surface area contributed by atoms with Gasteiger partial charge >= 0.3 is 0 Å². The van der Waals surface area contributed by atoms with Crippen molar-refractivity contribution in [3.05, 3.63) is 29.8 Å². The molecule has 2 rings (SSSR count). The Kier molecular flexibility index (Phi) is 2.39. The zero-order valence-electron chi connectivity index (χ0n) is 8.21. The van der Waals surface area contributed by atoms with Crippen molar-refractivity contribution in [2.24, 2.45) is 0 Å². The van der Waals surface area contributed by atoms with Gasteiger partial charge in [0.2, 0.25) is 5.91 Å². The number of carbonyl (C=O) groups is 1. The van der Waals surface area contributed by atoms with Crippen LogP contribution >= 0.6 is 0 Å². The molecule has 0 aliphatic carbocycles. The molecule has 1 atom stereocenters. The van der Waals surface area contributed by atoms with Gasteiger partial charge in [-0.2, -0.15) is 0 Å². The average Bonchev–Trinajstić information content (AvgIpc) is 2.61. The predicted octanol–water partition coefficient (Wildman–Crippen LogP) is 1.16. The number of amides is 1. The molecule has 74 valence electrons. The van der Waals surface area contributed by atoms with Crippen LogP contribution < -0.4 is 10.6 Å². The monoisotopic (exact) mass is 190 g/mol. The minimum absolute atomic E-state index is 0.0868. The molecule has 1 aliphatic heterocycles. The van der Waals surface area contributed by atoms with Gasteiger partial charge in [0.05, 0.1) is 0 Å². The lowest BCUT2D eigenvalue weighted by atomic mass is 10.1. The first-order chi connectivity index (χ1) is 6.81. The van der Waals surface area contributed by atoms with Crippen molar-refractivity contribution in [1.82, 2.24) is 5.32 Å². The molecule has 0 bridgehead atoms. The highest BCUT2D eigenvalue weighted by molar-refractivity contribution is 5.87. The van der Waals surface area contributed by atoms with Crippen molar-refractivity contribution in [2.45, 2.75) is 19.4 Å². The third-order valence-electron chi connectivity index (χ3n) is 2.44. The first kappa shape index (κ1) is 9.06. The van der Waals surface area contributed by atoms with E-state index in [9.17, 15) is 4.79 Å². The molecule has 1 aliphatic rings. The summed E-state index contributed by atoms with van der Waals surface area (Å²) in [4.78, 5) is 11.5. The van der Waals surface area contributed by atoms with Crippen LogP contribution in [0.25, 0.3) is 0 Å². The van der Waals surface area contributed by atoms with Crippen molar-refractivity contribution in [3.8, 4) is 0 Å². The zero-order valence-corrected chi connectivity index (χ0v) is 8.21. The van der Waals surface area contributed by atoms with Crippen molar-refractivity contribution >= 4 is 11.6 Å². The number of hydrogen-bond donors (Lipinski definition) is 2. The van der Waals surface area contributed by atoms with Crippen LogP contribution in [0.5, 0.6) is 0 Å². The van der Waals surface area contributed by atoms with Crippen molar-refractivity contribution < 1.29 is 4.79 Å². The summed E-state index contributed by atoms with van der Waals surface area (Å²) in [6, 6.07) is 7.95. The van der Waals surface area contributed by atoms with Crippen LogP contribution in [0.1, 0.15) is 12.5 Å². The molecule has 1 unspecified atom stereocenters. The summed E-state index contributed by atoms with van der Waals surface area (Å²) in [5.74, 6) is 0.0868. The molecule has 0 aromatic heterocycles. The lowest BCUT2D eigenvalue weighted by Gasteiger charge is -2.09. The van der Waals surface area contributed by atoms with E-state index in [-0.39, 0.29) is 11.9 Å². The van der Waals surface area contributed by atoms with E-state index < -0.39 is 0 Å². The van der Waals surface area contributed by atoms with Crippen molar-refractivity contribution in [1.29, 1.82) is 0 Å². The van der Waals surface area contributed by atoms with Gasteiger partial charge < -0.3 is 10.6 Å². The molecule has 3 heteroatoms. The van der Waals surface area contributed by atoms with Crippen molar-refractivity contribution in [2.75, 3.05) is 11.9 Å². The van der Waals surface area contributed by atoms with E-state index in [1.54, 1.807) is 0 Å².